The van der Waals surface area contributed by atoms with Crippen LogP contribution in [0.25, 0.3) is 0 Å². The average Bonchev–Trinajstić information content (AvgIpc) is 2.91. The average molecular weight is 289 g/mol. The smallest absolute Gasteiger partial charge is 0.244 e. The van der Waals surface area contributed by atoms with E-state index < -0.39 is 5.54 Å². The van der Waals surface area contributed by atoms with Crippen LogP contribution >= 0.6 is 0 Å². The van der Waals surface area contributed by atoms with Crippen molar-refractivity contribution in [3.05, 3.63) is 23.8 Å². The molecule has 5 nitrogen and oxygen atoms in total. The molecule has 1 aromatic carbocycles. The highest BCUT2D eigenvalue weighted by atomic mass is 16.2. The van der Waals surface area contributed by atoms with Crippen LogP contribution < -0.4 is 16.0 Å². The summed E-state index contributed by atoms with van der Waals surface area (Å²) in [6, 6.07) is 5.50. The minimum absolute atomic E-state index is 0.0224. The maximum absolute atomic E-state index is 12.5. The SMILES string of the molecule is CCC1(C(=O)Nc2ccc(NC(C)=O)c(C)c2)CCCN1. The van der Waals surface area contributed by atoms with Gasteiger partial charge in [0.1, 0.15) is 0 Å². The quantitative estimate of drug-likeness (QED) is 0.797. The van der Waals surface area contributed by atoms with Crippen molar-refractivity contribution in [3.8, 4) is 0 Å². The molecule has 1 aliphatic rings. The topological polar surface area (TPSA) is 70.2 Å². The Bertz CT molecular complexity index is 548. The summed E-state index contributed by atoms with van der Waals surface area (Å²) in [6.07, 6.45) is 2.68. The number of hydrogen-bond acceptors (Lipinski definition) is 3. The second-order valence-corrected chi connectivity index (χ2v) is 5.63. The molecule has 0 aliphatic carbocycles. The molecule has 0 saturated carbocycles. The van der Waals surface area contributed by atoms with E-state index in [1.165, 1.54) is 6.92 Å². The molecule has 1 saturated heterocycles. The number of aryl methyl sites for hydroxylation is 1. The Balaban J connectivity index is 2.11. The first kappa shape index (κ1) is 15.5. The first-order valence-corrected chi connectivity index (χ1v) is 7.41. The van der Waals surface area contributed by atoms with E-state index in [0.29, 0.717) is 0 Å². The molecule has 114 valence electrons. The van der Waals surface area contributed by atoms with Gasteiger partial charge in [-0.3, -0.25) is 9.59 Å². The van der Waals surface area contributed by atoms with E-state index in [4.69, 9.17) is 0 Å². The fourth-order valence-electron chi connectivity index (χ4n) is 2.78. The lowest BCUT2D eigenvalue weighted by Gasteiger charge is -2.26. The molecule has 1 aliphatic heterocycles. The second-order valence-electron chi connectivity index (χ2n) is 5.63. The van der Waals surface area contributed by atoms with Crippen molar-refractivity contribution < 1.29 is 9.59 Å². The van der Waals surface area contributed by atoms with Crippen LogP contribution in [-0.4, -0.2) is 23.9 Å². The zero-order chi connectivity index (χ0) is 15.5. The van der Waals surface area contributed by atoms with E-state index in [1.54, 1.807) is 0 Å². The largest absolute Gasteiger partial charge is 0.326 e. The zero-order valence-electron chi connectivity index (χ0n) is 12.9. The third-order valence-electron chi connectivity index (χ3n) is 4.08. The molecular weight excluding hydrogens is 266 g/mol. The van der Waals surface area contributed by atoms with Crippen molar-refractivity contribution >= 4 is 23.2 Å². The second kappa shape index (κ2) is 6.26. The summed E-state index contributed by atoms with van der Waals surface area (Å²) in [6.45, 7) is 6.31. The van der Waals surface area contributed by atoms with E-state index in [9.17, 15) is 9.59 Å². The van der Waals surface area contributed by atoms with E-state index in [0.717, 1.165) is 42.7 Å². The lowest BCUT2D eigenvalue weighted by atomic mass is 9.93. The highest BCUT2D eigenvalue weighted by Gasteiger charge is 2.39. The standard InChI is InChI=1S/C16H23N3O2/c1-4-16(8-5-9-17-16)15(21)19-13-6-7-14(11(2)10-13)18-12(3)20/h6-7,10,17H,4-5,8-9H2,1-3H3,(H,18,20)(H,19,21). The minimum atomic E-state index is -0.440. The van der Waals surface area contributed by atoms with Crippen molar-refractivity contribution in [1.82, 2.24) is 5.32 Å². The van der Waals surface area contributed by atoms with Crippen LogP contribution in [0.4, 0.5) is 11.4 Å². The fourth-order valence-corrected chi connectivity index (χ4v) is 2.78. The molecule has 21 heavy (non-hydrogen) atoms. The highest BCUT2D eigenvalue weighted by Crippen LogP contribution is 2.26. The van der Waals surface area contributed by atoms with Gasteiger partial charge in [0.25, 0.3) is 0 Å². The molecule has 2 rings (SSSR count). The van der Waals surface area contributed by atoms with Crippen LogP contribution in [0.3, 0.4) is 0 Å². The molecule has 1 atom stereocenters. The van der Waals surface area contributed by atoms with Crippen LogP contribution in [0.1, 0.15) is 38.7 Å². The summed E-state index contributed by atoms with van der Waals surface area (Å²) in [5.41, 5.74) is 2.01. The van der Waals surface area contributed by atoms with E-state index in [1.807, 2.05) is 32.0 Å². The predicted octanol–water partition coefficient (Wildman–Crippen LogP) is 2.42. The first-order chi connectivity index (χ1) is 9.97. The molecule has 0 aromatic heterocycles. The van der Waals surface area contributed by atoms with E-state index >= 15 is 0 Å². The van der Waals surface area contributed by atoms with Gasteiger partial charge in [0.05, 0.1) is 5.54 Å². The van der Waals surface area contributed by atoms with Crippen LogP contribution in [-0.2, 0) is 9.59 Å². The first-order valence-electron chi connectivity index (χ1n) is 7.41. The molecule has 0 spiro atoms. The summed E-state index contributed by atoms with van der Waals surface area (Å²) < 4.78 is 0. The van der Waals surface area contributed by atoms with Gasteiger partial charge in [-0.05, 0) is 56.5 Å². The predicted molar refractivity (Wildman–Crippen MR) is 84.4 cm³/mol. The third-order valence-corrected chi connectivity index (χ3v) is 4.08. The lowest BCUT2D eigenvalue weighted by Crippen LogP contribution is -2.50. The molecule has 1 heterocycles. The molecule has 5 heteroatoms. The third kappa shape index (κ3) is 3.42. The molecule has 1 aromatic rings. The fraction of sp³-hybridized carbons (Fsp3) is 0.500. The van der Waals surface area contributed by atoms with Crippen molar-refractivity contribution in [1.29, 1.82) is 0 Å². The summed E-state index contributed by atoms with van der Waals surface area (Å²) in [5, 5.41) is 9.07. The number of benzene rings is 1. The molecule has 1 fully saturated rings. The highest BCUT2D eigenvalue weighted by molar-refractivity contribution is 5.99. The van der Waals surface area contributed by atoms with Gasteiger partial charge in [-0.2, -0.15) is 0 Å². The minimum Gasteiger partial charge on any atom is -0.326 e. The Morgan fingerprint density at radius 3 is 2.62 bits per heavy atom. The zero-order valence-corrected chi connectivity index (χ0v) is 12.9. The van der Waals surface area contributed by atoms with Gasteiger partial charge in [-0.15, -0.1) is 0 Å². The Kier molecular flexibility index (Phi) is 4.63. The van der Waals surface area contributed by atoms with Crippen molar-refractivity contribution in [3.63, 3.8) is 0 Å². The van der Waals surface area contributed by atoms with E-state index in [-0.39, 0.29) is 11.8 Å². The molecular formula is C16H23N3O2. The van der Waals surface area contributed by atoms with Gasteiger partial charge in [0.15, 0.2) is 0 Å². The number of rotatable bonds is 4. The monoisotopic (exact) mass is 289 g/mol. The van der Waals surface area contributed by atoms with Gasteiger partial charge in [-0.1, -0.05) is 6.92 Å². The summed E-state index contributed by atoms with van der Waals surface area (Å²) in [7, 11) is 0. The number of amides is 2. The van der Waals surface area contributed by atoms with Crippen molar-refractivity contribution in [2.24, 2.45) is 0 Å². The van der Waals surface area contributed by atoms with Gasteiger partial charge in [-0.25, -0.2) is 0 Å². The Hall–Kier alpha value is -1.88. The Morgan fingerprint density at radius 2 is 2.10 bits per heavy atom. The molecule has 0 radical (unpaired) electrons. The van der Waals surface area contributed by atoms with Gasteiger partial charge >= 0.3 is 0 Å². The maximum Gasteiger partial charge on any atom is 0.244 e. The van der Waals surface area contributed by atoms with Crippen LogP contribution in [0, 0.1) is 6.92 Å². The number of hydrogen-bond donors (Lipinski definition) is 3. The van der Waals surface area contributed by atoms with Crippen LogP contribution in [0.15, 0.2) is 18.2 Å². The normalized spacial score (nSPS) is 21.1. The Morgan fingerprint density at radius 1 is 1.33 bits per heavy atom. The van der Waals surface area contributed by atoms with E-state index in [2.05, 4.69) is 16.0 Å². The maximum atomic E-state index is 12.5. The van der Waals surface area contributed by atoms with Gasteiger partial charge in [0, 0.05) is 18.3 Å². The van der Waals surface area contributed by atoms with Crippen LogP contribution in [0.5, 0.6) is 0 Å². The number of nitrogens with one attached hydrogen (secondary N) is 3. The molecule has 3 N–H and O–H groups in total. The number of carbonyl (C=O) groups is 2. The summed E-state index contributed by atoms with van der Waals surface area (Å²) in [4.78, 5) is 23.6. The van der Waals surface area contributed by atoms with Crippen molar-refractivity contribution in [2.75, 3.05) is 17.2 Å². The van der Waals surface area contributed by atoms with Crippen LogP contribution in [0.2, 0.25) is 0 Å². The molecule has 0 bridgehead atoms. The van der Waals surface area contributed by atoms with Gasteiger partial charge < -0.3 is 16.0 Å². The number of anilines is 2. The Labute approximate surface area is 125 Å². The van der Waals surface area contributed by atoms with Gasteiger partial charge in [0.2, 0.25) is 11.8 Å². The molecule has 1 unspecified atom stereocenters. The lowest BCUT2D eigenvalue weighted by molar-refractivity contribution is -0.122. The number of carbonyl (C=O) groups excluding carboxylic acids is 2. The van der Waals surface area contributed by atoms with Crippen molar-refractivity contribution in [2.45, 2.75) is 45.6 Å². The summed E-state index contributed by atoms with van der Waals surface area (Å²) >= 11 is 0. The molecule has 2 amide bonds. The summed E-state index contributed by atoms with van der Waals surface area (Å²) in [5.74, 6) is -0.0795.